The molecular formula is C23H24ClN3O3. The van der Waals surface area contributed by atoms with E-state index in [0.717, 1.165) is 24.9 Å². The number of fused-ring (bicyclic) bond motifs is 1. The molecule has 2 aromatic rings. The molecule has 0 spiro atoms. The first-order valence-corrected chi connectivity index (χ1v) is 10.6. The van der Waals surface area contributed by atoms with Gasteiger partial charge in [0.25, 0.3) is 0 Å². The van der Waals surface area contributed by atoms with Crippen molar-refractivity contribution in [3.05, 3.63) is 52.5 Å². The number of hydrogen-bond donors (Lipinski definition) is 2. The summed E-state index contributed by atoms with van der Waals surface area (Å²) >= 11 is 6.22. The molecule has 1 atom stereocenters. The van der Waals surface area contributed by atoms with Crippen LogP contribution in [0.25, 0.3) is 0 Å². The van der Waals surface area contributed by atoms with Crippen molar-refractivity contribution < 1.29 is 14.4 Å². The summed E-state index contributed by atoms with van der Waals surface area (Å²) in [7, 11) is 0. The van der Waals surface area contributed by atoms with Crippen molar-refractivity contribution in [2.75, 3.05) is 22.1 Å². The zero-order valence-electron chi connectivity index (χ0n) is 16.8. The first-order chi connectivity index (χ1) is 14.4. The number of carbonyl (C=O) groups excluding carboxylic acids is 3. The second-order valence-corrected chi connectivity index (χ2v) is 8.20. The second-order valence-electron chi connectivity index (χ2n) is 7.80. The maximum atomic E-state index is 12.8. The fourth-order valence-corrected chi connectivity index (χ4v) is 4.21. The van der Waals surface area contributed by atoms with E-state index in [1.807, 2.05) is 6.07 Å². The van der Waals surface area contributed by atoms with Crippen LogP contribution in [-0.4, -0.2) is 24.3 Å². The van der Waals surface area contributed by atoms with E-state index in [9.17, 15) is 14.4 Å². The Balaban J connectivity index is 1.45. The van der Waals surface area contributed by atoms with Crippen LogP contribution in [0.1, 0.15) is 37.3 Å². The molecule has 7 heteroatoms. The third kappa shape index (κ3) is 4.19. The van der Waals surface area contributed by atoms with Crippen LogP contribution in [0.4, 0.5) is 17.1 Å². The van der Waals surface area contributed by atoms with E-state index in [-0.39, 0.29) is 24.1 Å². The van der Waals surface area contributed by atoms with E-state index in [2.05, 4.69) is 22.8 Å². The zero-order chi connectivity index (χ0) is 21.3. The van der Waals surface area contributed by atoms with E-state index in [1.165, 1.54) is 11.1 Å². The van der Waals surface area contributed by atoms with Gasteiger partial charge in [-0.3, -0.25) is 14.4 Å². The Kier molecular flexibility index (Phi) is 5.77. The normalized spacial score (nSPS) is 17.7. The lowest BCUT2D eigenvalue weighted by Gasteiger charge is -2.18. The maximum Gasteiger partial charge on any atom is 0.229 e. The van der Waals surface area contributed by atoms with Crippen molar-refractivity contribution in [1.29, 1.82) is 0 Å². The number of aryl methyl sites for hydroxylation is 2. The topological polar surface area (TPSA) is 78.5 Å². The molecule has 1 heterocycles. The number of carbonyl (C=O) groups is 3. The Bertz CT molecular complexity index is 1020. The van der Waals surface area contributed by atoms with Crippen molar-refractivity contribution >= 4 is 46.4 Å². The SMILES string of the molecule is CCC(=O)Nc1ccc(Cl)c(NC(=O)C2CC(=O)N(c3ccc4c(c3)CCC4)C2)c1. The van der Waals surface area contributed by atoms with E-state index in [1.54, 1.807) is 30.0 Å². The molecule has 0 saturated carbocycles. The highest BCUT2D eigenvalue weighted by Crippen LogP contribution is 2.32. The van der Waals surface area contributed by atoms with Gasteiger partial charge in [-0.05, 0) is 60.7 Å². The molecule has 3 amide bonds. The summed E-state index contributed by atoms with van der Waals surface area (Å²) < 4.78 is 0. The van der Waals surface area contributed by atoms with Crippen LogP contribution in [0, 0.1) is 5.92 Å². The Morgan fingerprint density at radius 2 is 1.90 bits per heavy atom. The Labute approximate surface area is 180 Å². The summed E-state index contributed by atoms with van der Waals surface area (Å²) in [5.74, 6) is -0.896. The van der Waals surface area contributed by atoms with Gasteiger partial charge in [0.05, 0.1) is 16.6 Å². The third-order valence-electron chi connectivity index (χ3n) is 5.72. The third-order valence-corrected chi connectivity index (χ3v) is 6.05. The summed E-state index contributed by atoms with van der Waals surface area (Å²) in [5.41, 5.74) is 4.48. The predicted octanol–water partition coefficient (Wildman–Crippen LogP) is 4.17. The molecule has 1 unspecified atom stereocenters. The van der Waals surface area contributed by atoms with Crippen LogP contribution in [0.5, 0.6) is 0 Å². The number of rotatable bonds is 5. The molecule has 2 N–H and O–H groups in total. The van der Waals surface area contributed by atoms with Gasteiger partial charge >= 0.3 is 0 Å². The highest BCUT2D eigenvalue weighted by Gasteiger charge is 2.35. The average Bonchev–Trinajstić information content (AvgIpc) is 3.36. The fourth-order valence-electron chi connectivity index (χ4n) is 4.04. The minimum absolute atomic E-state index is 0.0526. The summed E-state index contributed by atoms with van der Waals surface area (Å²) in [6.07, 6.45) is 3.79. The van der Waals surface area contributed by atoms with Crippen LogP contribution < -0.4 is 15.5 Å². The second kappa shape index (κ2) is 8.48. The van der Waals surface area contributed by atoms with Crippen LogP contribution in [0.2, 0.25) is 5.02 Å². The van der Waals surface area contributed by atoms with Crippen LogP contribution in [0.15, 0.2) is 36.4 Å². The van der Waals surface area contributed by atoms with Gasteiger partial charge in [0.15, 0.2) is 0 Å². The molecule has 1 aliphatic heterocycles. The summed E-state index contributed by atoms with van der Waals surface area (Å²) in [5, 5.41) is 5.94. The average molecular weight is 426 g/mol. The monoisotopic (exact) mass is 425 g/mol. The number of benzene rings is 2. The number of nitrogens with zero attached hydrogens (tertiary/aromatic N) is 1. The summed E-state index contributed by atoms with van der Waals surface area (Å²) in [6.45, 7) is 2.10. The zero-order valence-corrected chi connectivity index (χ0v) is 17.6. The maximum absolute atomic E-state index is 12.8. The number of amides is 3. The van der Waals surface area contributed by atoms with Crippen molar-refractivity contribution in [1.82, 2.24) is 0 Å². The van der Waals surface area contributed by atoms with Gasteiger partial charge in [-0.25, -0.2) is 0 Å². The molecular weight excluding hydrogens is 402 g/mol. The van der Waals surface area contributed by atoms with Gasteiger partial charge in [0.1, 0.15) is 0 Å². The molecule has 4 rings (SSSR count). The first-order valence-electron chi connectivity index (χ1n) is 10.3. The standard InChI is InChI=1S/C23H24ClN3O3/c1-2-21(28)25-17-7-9-19(24)20(12-17)26-23(30)16-11-22(29)27(13-16)18-8-6-14-4-3-5-15(14)10-18/h6-10,12,16H,2-5,11,13H2,1H3,(H,25,28)(H,26,30). The molecule has 6 nitrogen and oxygen atoms in total. The van der Waals surface area contributed by atoms with Crippen molar-refractivity contribution in [3.63, 3.8) is 0 Å². The van der Waals surface area contributed by atoms with Crippen molar-refractivity contribution in [2.45, 2.75) is 39.0 Å². The lowest BCUT2D eigenvalue weighted by Crippen LogP contribution is -2.28. The molecule has 0 radical (unpaired) electrons. The molecule has 2 aliphatic rings. The molecule has 156 valence electrons. The highest BCUT2D eigenvalue weighted by atomic mass is 35.5. The molecule has 1 saturated heterocycles. The lowest BCUT2D eigenvalue weighted by molar-refractivity contribution is -0.122. The minimum Gasteiger partial charge on any atom is -0.326 e. The summed E-state index contributed by atoms with van der Waals surface area (Å²) in [4.78, 5) is 38.7. The number of anilines is 3. The summed E-state index contributed by atoms with van der Waals surface area (Å²) in [6, 6.07) is 11.1. The van der Waals surface area contributed by atoms with E-state index in [4.69, 9.17) is 11.6 Å². The molecule has 1 aliphatic carbocycles. The first kappa shape index (κ1) is 20.4. The van der Waals surface area contributed by atoms with Crippen LogP contribution in [0.3, 0.4) is 0 Å². The number of hydrogen-bond acceptors (Lipinski definition) is 3. The Hall–Kier alpha value is -2.86. The van der Waals surface area contributed by atoms with Crippen LogP contribution in [-0.2, 0) is 27.2 Å². The van der Waals surface area contributed by atoms with E-state index < -0.39 is 5.92 Å². The van der Waals surface area contributed by atoms with Gasteiger partial charge < -0.3 is 15.5 Å². The number of nitrogens with one attached hydrogen (secondary N) is 2. The molecule has 2 aromatic carbocycles. The molecule has 30 heavy (non-hydrogen) atoms. The Morgan fingerprint density at radius 1 is 1.10 bits per heavy atom. The lowest BCUT2D eigenvalue weighted by atomic mass is 10.1. The van der Waals surface area contributed by atoms with Crippen LogP contribution >= 0.6 is 11.6 Å². The van der Waals surface area contributed by atoms with Gasteiger partial charge in [-0.2, -0.15) is 0 Å². The van der Waals surface area contributed by atoms with E-state index >= 15 is 0 Å². The van der Waals surface area contributed by atoms with Gasteiger partial charge in [0.2, 0.25) is 17.7 Å². The van der Waals surface area contributed by atoms with Crippen molar-refractivity contribution in [2.24, 2.45) is 5.92 Å². The van der Waals surface area contributed by atoms with Crippen molar-refractivity contribution in [3.8, 4) is 0 Å². The largest absolute Gasteiger partial charge is 0.326 e. The quantitative estimate of drug-likeness (QED) is 0.754. The molecule has 1 fully saturated rings. The Morgan fingerprint density at radius 3 is 2.70 bits per heavy atom. The minimum atomic E-state index is -0.462. The van der Waals surface area contributed by atoms with Gasteiger partial charge in [-0.15, -0.1) is 0 Å². The van der Waals surface area contributed by atoms with Gasteiger partial charge in [-0.1, -0.05) is 24.6 Å². The highest BCUT2D eigenvalue weighted by molar-refractivity contribution is 6.34. The fraction of sp³-hybridized carbons (Fsp3) is 0.348. The molecule has 0 bridgehead atoms. The molecule has 0 aromatic heterocycles. The predicted molar refractivity (Wildman–Crippen MR) is 118 cm³/mol. The van der Waals surface area contributed by atoms with E-state index in [0.29, 0.717) is 29.4 Å². The van der Waals surface area contributed by atoms with Gasteiger partial charge in [0, 0.05) is 30.8 Å². The number of halogens is 1. The smallest absolute Gasteiger partial charge is 0.229 e.